The first-order valence-electron chi connectivity index (χ1n) is 6.51. The van der Waals surface area contributed by atoms with E-state index in [1.54, 1.807) is 0 Å². The number of methoxy groups -OCH3 is 1. The zero-order valence-electron chi connectivity index (χ0n) is 11.8. The summed E-state index contributed by atoms with van der Waals surface area (Å²) < 4.78 is 10.5. The first kappa shape index (κ1) is 13.8. The Kier molecular flexibility index (Phi) is 3.47. The van der Waals surface area contributed by atoms with E-state index in [0.29, 0.717) is 23.8 Å². The van der Waals surface area contributed by atoms with Crippen molar-refractivity contribution in [2.24, 2.45) is 5.41 Å². The lowest BCUT2D eigenvalue weighted by molar-refractivity contribution is -0.146. The number of ether oxygens (including phenoxy) is 1. The highest BCUT2D eigenvalue weighted by atomic mass is 16.5. The van der Waals surface area contributed by atoms with Gasteiger partial charge < -0.3 is 9.15 Å². The van der Waals surface area contributed by atoms with E-state index in [2.05, 4.69) is 4.98 Å². The topological polar surface area (TPSA) is 69.4 Å². The van der Waals surface area contributed by atoms with Crippen molar-refractivity contribution in [1.29, 1.82) is 0 Å². The molecule has 5 heteroatoms. The number of carbonyl (C=O) groups excluding carboxylic acids is 2. The lowest BCUT2D eigenvalue weighted by atomic mass is 9.69. The van der Waals surface area contributed by atoms with E-state index in [1.807, 2.05) is 20.8 Å². The van der Waals surface area contributed by atoms with Crippen LogP contribution in [0, 0.1) is 5.41 Å². The maximum Gasteiger partial charge on any atom is 0.317 e. The maximum atomic E-state index is 12.1. The third kappa shape index (κ3) is 2.29. The van der Waals surface area contributed by atoms with Crippen LogP contribution in [0.4, 0.5) is 0 Å². The minimum Gasteiger partial charge on any atom is -0.468 e. The second-order valence-corrected chi connectivity index (χ2v) is 5.62. The monoisotopic (exact) mass is 265 g/mol. The summed E-state index contributed by atoms with van der Waals surface area (Å²) >= 11 is 0. The van der Waals surface area contributed by atoms with Crippen molar-refractivity contribution < 1.29 is 18.7 Å². The number of ketones is 1. The molecule has 0 saturated carbocycles. The smallest absolute Gasteiger partial charge is 0.317 e. The molecule has 2 rings (SSSR count). The lowest BCUT2D eigenvalue weighted by Gasteiger charge is -2.33. The number of Topliss-reactive ketones (excluding diaryl/α,β-unsaturated/α-hetero) is 1. The van der Waals surface area contributed by atoms with Crippen molar-refractivity contribution in [3.63, 3.8) is 0 Å². The van der Waals surface area contributed by atoms with Crippen LogP contribution in [0.25, 0.3) is 0 Å². The number of hydrogen-bond acceptors (Lipinski definition) is 5. The summed E-state index contributed by atoms with van der Waals surface area (Å²) in [6.45, 7) is 5.75. The second-order valence-electron chi connectivity index (χ2n) is 5.62. The number of hydrogen-bond donors (Lipinski definition) is 0. The van der Waals surface area contributed by atoms with Crippen molar-refractivity contribution in [3.8, 4) is 0 Å². The molecular weight excluding hydrogens is 246 g/mol. The average Bonchev–Trinajstić information content (AvgIpc) is 2.71. The van der Waals surface area contributed by atoms with Crippen molar-refractivity contribution in [1.82, 2.24) is 4.98 Å². The Morgan fingerprint density at radius 3 is 2.79 bits per heavy atom. The number of aryl methyl sites for hydroxylation is 1. The van der Waals surface area contributed by atoms with Crippen molar-refractivity contribution >= 4 is 11.8 Å². The highest BCUT2D eigenvalue weighted by Crippen LogP contribution is 2.45. The molecule has 1 aromatic rings. The molecule has 19 heavy (non-hydrogen) atoms. The summed E-state index contributed by atoms with van der Waals surface area (Å²) in [4.78, 5) is 28.3. The normalized spacial score (nSPS) is 21.1. The highest BCUT2D eigenvalue weighted by molar-refractivity contribution is 5.99. The van der Waals surface area contributed by atoms with E-state index < -0.39 is 11.3 Å². The molecule has 1 atom stereocenters. The predicted molar refractivity (Wildman–Crippen MR) is 68.0 cm³/mol. The first-order valence-corrected chi connectivity index (χ1v) is 6.51. The molecule has 0 unspecified atom stereocenters. The van der Waals surface area contributed by atoms with Gasteiger partial charge in [-0.05, 0) is 11.8 Å². The van der Waals surface area contributed by atoms with Gasteiger partial charge in [-0.3, -0.25) is 9.59 Å². The van der Waals surface area contributed by atoms with Crippen LogP contribution in [0.3, 0.4) is 0 Å². The molecule has 0 N–H and O–H groups in total. The molecule has 0 fully saturated rings. The fourth-order valence-corrected chi connectivity index (χ4v) is 2.59. The van der Waals surface area contributed by atoms with Crippen molar-refractivity contribution in [2.75, 3.05) is 7.11 Å². The minimum absolute atomic E-state index is 0.0637. The number of carbonyl (C=O) groups is 2. The Bertz CT molecular complexity index is 516. The zero-order chi connectivity index (χ0) is 14.2. The van der Waals surface area contributed by atoms with E-state index >= 15 is 0 Å². The van der Waals surface area contributed by atoms with Gasteiger partial charge in [-0.15, -0.1) is 0 Å². The van der Waals surface area contributed by atoms with Gasteiger partial charge in [0.05, 0.1) is 7.11 Å². The van der Waals surface area contributed by atoms with Crippen LogP contribution >= 0.6 is 0 Å². The SMILES string of the molecule is CCCc1nc2c(o1)[C@@H](C(=O)OC)C(C)(C)CC2=O. The van der Waals surface area contributed by atoms with Gasteiger partial charge in [0, 0.05) is 12.8 Å². The van der Waals surface area contributed by atoms with Gasteiger partial charge in [0.15, 0.2) is 11.7 Å². The zero-order valence-corrected chi connectivity index (χ0v) is 11.8. The molecular formula is C14H19NO4. The third-order valence-electron chi connectivity index (χ3n) is 3.52. The average molecular weight is 265 g/mol. The number of rotatable bonds is 3. The van der Waals surface area contributed by atoms with Gasteiger partial charge in [0.25, 0.3) is 0 Å². The summed E-state index contributed by atoms with van der Waals surface area (Å²) in [6, 6.07) is 0. The van der Waals surface area contributed by atoms with E-state index in [0.717, 1.165) is 6.42 Å². The van der Waals surface area contributed by atoms with Gasteiger partial charge in [-0.1, -0.05) is 20.8 Å². The van der Waals surface area contributed by atoms with Gasteiger partial charge in [0.1, 0.15) is 17.4 Å². The molecule has 0 spiro atoms. The van der Waals surface area contributed by atoms with Gasteiger partial charge >= 0.3 is 5.97 Å². The fourth-order valence-electron chi connectivity index (χ4n) is 2.59. The summed E-state index contributed by atoms with van der Waals surface area (Å²) in [7, 11) is 1.35. The number of aromatic nitrogens is 1. The Morgan fingerprint density at radius 2 is 2.21 bits per heavy atom. The number of fused-ring (bicyclic) bond motifs is 1. The van der Waals surface area contributed by atoms with Gasteiger partial charge in [0.2, 0.25) is 0 Å². The molecule has 0 saturated heterocycles. The largest absolute Gasteiger partial charge is 0.468 e. The van der Waals surface area contributed by atoms with E-state index in [-0.39, 0.29) is 18.2 Å². The Morgan fingerprint density at radius 1 is 1.53 bits per heavy atom. The maximum absolute atomic E-state index is 12.1. The first-order chi connectivity index (χ1) is 8.90. The third-order valence-corrected chi connectivity index (χ3v) is 3.52. The summed E-state index contributed by atoms with van der Waals surface area (Å²) in [5.74, 6) is -0.114. The standard InChI is InChI=1S/C14H19NO4/c1-5-6-9-15-11-8(16)7-14(2,3)10(12(11)19-9)13(17)18-4/h10H,5-7H2,1-4H3/t10-/m0/s1. The van der Waals surface area contributed by atoms with Gasteiger partial charge in [-0.25, -0.2) is 4.98 Å². The van der Waals surface area contributed by atoms with Crippen LogP contribution in [0.1, 0.15) is 61.7 Å². The van der Waals surface area contributed by atoms with E-state index in [4.69, 9.17) is 9.15 Å². The number of nitrogens with zero attached hydrogens (tertiary/aromatic N) is 1. The van der Waals surface area contributed by atoms with Gasteiger partial charge in [-0.2, -0.15) is 0 Å². The fraction of sp³-hybridized carbons (Fsp3) is 0.643. The predicted octanol–water partition coefficient (Wildman–Crippen LogP) is 2.50. The molecule has 5 nitrogen and oxygen atoms in total. The molecule has 0 amide bonds. The molecule has 1 aromatic heterocycles. The van der Waals surface area contributed by atoms with Crippen LogP contribution < -0.4 is 0 Å². The molecule has 104 valence electrons. The Hall–Kier alpha value is -1.65. The second kappa shape index (κ2) is 4.79. The molecule has 0 aliphatic heterocycles. The number of oxazole rings is 1. The summed E-state index contributed by atoms with van der Waals surface area (Å²) in [5.41, 5.74) is -0.210. The molecule has 1 aliphatic carbocycles. The Balaban J connectivity index is 2.51. The van der Waals surface area contributed by atoms with Crippen molar-refractivity contribution in [3.05, 3.63) is 17.3 Å². The molecule has 0 aromatic carbocycles. The van der Waals surface area contributed by atoms with E-state index in [1.165, 1.54) is 7.11 Å². The van der Waals surface area contributed by atoms with Crippen LogP contribution in [-0.4, -0.2) is 23.8 Å². The summed E-state index contributed by atoms with van der Waals surface area (Å²) in [6.07, 6.45) is 1.81. The lowest BCUT2D eigenvalue weighted by Crippen LogP contribution is -2.36. The van der Waals surface area contributed by atoms with Crippen LogP contribution in [0.2, 0.25) is 0 Å². The Labute approximate surface area is 112 Å². The van der Waals surface area contributed by atoms with E-state index in [9.17, 15) is 9.59 Å². The molecule has 1 aliphatic rings. The molecule has 1 heterocycles. The van der Waals surface area contributed by atoms with Crippen molar-refractivity contribution in [2.45, 2.75) is 46.0 Å². The van der Waals surface area contributed by atoms with Crippen LogP contribution in [0.5, 0.6) is 0 Å². The summed E-state index contributed by atoms with van der Waals surface area (Å²) in [5, 5.41) is 0. The minimum atomic E-state index is -0.566. The number of esters is 1. The highest BCUT2D eigenvalue weighted by Gasteiger charge is 2.48. The molecule has 0 radical (unpaired) electrons. The quantitative estimate of drug-likeness (QED) is 0.785. The van der Waals surface area contributed by atoms with Crippen LogP contribution in [-0.2, 0) is 16.0 Å². The molecule has 0 bridgehead atoms. The van der Waals surface area contributed by atoms with Crippen LogP contribution in [0.15, 0.2) is 4.42 Å².